The maximum Gasteiger partial charge on any atom is 0.329 e. The third kappa shape index (κ3) is 5.72. The number of nitrogens with one attached hydrogen (secondary N) is 2. The minimum atomic E-state index is -1.06. The van der Waals surface area contributed by atoms with Gasteiger partial charge >= 0.3 is 5.97 Å². The second kappa shape index (κ2) is 9.75. The molecule has 2 amide bonds. The Morgan fingerprint density at radius 1 is 1.04 bits per heavy atom. The third-order valence-electron chi connectivity index (χ3n) is 3.82. The van der Waals surface area contributed by atoms with Crippen molar-refractivity contribution in [3.05, 3.63) is 59.1 Å². The van der Waals surface area contributed by atoms with E-state index in [4.69, 9.17) is 21.1 Å². The topological polar surface area (TPSA) is 93.7 Å². The van der Waals surface area contributed by atoms with Crippen LogP contribution in [0.5, 0.6) is 5.75 Å². The van der Waals surface area contributed by atoms with Crippen LogP contribution in [-0.2, 0) is 14.3 Å². The summed E-state index contributed by atoms with van der Waals surface area (Å²) in [6.07, 6.45) is -1.06. The highest BCUT2D eigenvalue weighted by Crippen LogP contribution is 2.17. The fourth-order valence-electron chi connectivity index (χ4n) is 2.25. The second-order valence-electron chi connectivity index (χ2n) is 5.98. The molecule has 8 heteroatoms. The lowest BCUT2D eigenvalue weighted by Gasteiger charge is -2.18. The Hall–Kier alpha value is -3.06. The first-order valence-corrected chi connectivity index (χ1v) is 8.90. The van der Waals surface area contributed by atoms with Gasteiger partial charge in [-0.15, -0.1) is 0 Å². The maximum atomic E-state index is 12.2. The van der Waals surface area contributed by atoms with Crippen LogP contribution in [0.15, 0.2) is 48.5 Å². The SMILES string of the molecule is COc1cccc(NC(=O)C(C)OC(=O)C(C)NC(=O)c2ccccc2Cl)c1. The van der Waals surface area contributed by atoms with Crippen LogP contribution in [-0.4, -0.2) is 37.0 Å². The molecule has 0 radical (unpaired) electrons. The van der Waals surface area contributed by atoms with Crippen LogP contribution in [0.3, 0.4) is 0 Å². The van der Waals surface area contributed by atoms with Crippen molar-refractivity contribution in [3.63, 3.8) is 0 Å². The minimum Gasteiger partial charge on any atom is -0.497 e. The Balaban J connectivity index is 1.90. The van der Waals surface area contributed by atoms with E-state index in [1.54, 1.807) is 48.5 Å². The molecule has 0 heterocycles. The average Bonchev–Trinajstić information content (AvgIpc) is 2.68. The molecule has 0 spiro atoms. The number of methoxy groups -OCH3 is 1. The van der Waals surface area contributed by atoms with Crippen molar-refractivity contribution >= 4 is 35.1 Å². The van der Waals surface area contributed by atoms with Gasteiger partial charge < -0.3 is 20.1 Å². The van der Waals surface area contributed by atoms with E-state index in [2.05, 4.69) is 10.6 Å². The lowest BCUT2D eigenvalue weighted by molar-refractivity contribution is -0.154. The van der Waals surface area contributed by atoms with Crippen LogP contribution in [0.25, 0.3) is 0 Å². The summed E-state index contributed by atoms with van der Waals surface area (Å²) >= 11 is 5.97. The van der Waals surface area contributed by atoms with Gasteiger partial charge in [-0.2, -0.15) is 0 Å². The number of ether oxygens (including phenoxy) is 2. The van der Waals surface area contributed by atoms with Gasteiger partial charge in [0.25, 0.3) is 11.8 Å². The Kier molecular flexibility index (Phi) is 7.40. The van der Waals surface area contributed by atoms with E-state index in [9.17, 15) is 14.4 Å². The fourth-order valence-corrected chi connectivity index (χ4v) is 2.47. The van der Waals surface area contributed by atoms with E-state index in [0.717, 1.165) is 0 Å². The van der Waals surface area contributed by atoms with Gasteiger partial charge in [0, 0.05) is 11.8 Å². The molecule has 0 aliphatic rings. The van der Waals surface area contributed by atoms with E-state index in [0.29, 0.717) is 11.4 Å². The average molecular weight is 405 g/mol. The van der Waals surface area contributed by atoms with Crippen LogP contribution in [0.4, 0.5) is 5.69 Å². The molecule has 0 aliphatic carbocycles. The van der Waals surface area contributed by atoms with Gasteiger partial charge in [0.05, 0.1) is 17.7 Å². The molecule has 0 aromatic heterocycles. The third-order valence-corrected chi connectivity index (χ3v) is 4.15. The van der Waals surface area contributed by atoms with Gasteiger partial charge in [0.15, 0.2) is 6.10 Å². The summed E-state index contributed by atoms with van der Waals surface area (Å²) in [6, 6.07) is 12.3. The molecule has 2 unspecified atom stereocenters. The summed E-state index contributed by atoms with van der Waals surface area (Å²) in [5, 5.41) is 5.40. The quantitative estimate of drug-likeness (QED) is 0.692. The molecule has 0 fully saturated rings. The number of rotatable bonds is 7. The van der Waals surface area contributed by atoms with Crippen molar-refractivity contribution in [3.8, 4) is 5.75 Å². The van der Waals surface area contributed by atoms with Gasteiger partial charge in [-0.05, 0) is 38.1 Å². The fraction of sp³-hybridized carbons (Fsp3) is 0.250. The van der Waals surface area contributed by atoms with Crippen LogP contribution in [0, 0.1) is 0 Å². The Morgan fingerprint density at radius 3 is 2.43 bits per heavy atom. The smallest absolute Gasteiger partial charge is 0.329 e. The highest BCUT2D eigenvalue weighted by atomic mass is 35.5. The van der Waals surface area contributed by atoms with Crippen molar-refractivity contribution in [2.45, 2.75) is 26.0 Å². The molecular weight excluding hydrogens is 384 g/mol. The predicted octanol–water partition coefficient (Wildman–Crippen LogP) is 3.04. The first kappa shape index (κ1) is 21.2. The monoisotopic (exact) mass is 404 g/mol. The number of carbonyl (C=O) groups excluding carboxylic acids is 3. The molecule has 0 aliphatic heterocycles. The zero-order chi connectivity index (χ0) is 20.7. The molecule has 0 bridgehead atoms. The summed E-state index contributed by atoms with van der Waals surface area (Å²) in [4.78, 5) is 36.6. The first-order chi connectivity index (χ1) is 13.3. The highest BCUT2D eigenvalue weighted by Gasteiger charge is 2.24. The van der Waals surface area contributed by atoms with Crippen molar-refractivity contribution < 1.29 is 23.9 Å². The predicted molar refractivity (Wildman–Crippen MR) is 106 cm³/mol. The van der Waals surface area contributed by atoms with Crippen molar-refractivity contribution in [2.24, 2.45) is 0 Å². The van der Waals surface area contributed by atoms with Crippen molar-refractivity contribution in [1.82, 2.24) is 5.32 Å². The summed E-state index contributed by atoms with van der Waals surface area (Å²) in [5.41, 5.74) is 0.750. The minimum absolute atomic E-state index is 0.243. The Labute approximate surface area is 168 Å². The van der Waals surface area contributed by atoms with Gasteiger partial charge in [0.1, 0.15) is 11.8 Å². The van der Waals surface area contributed by atoms with E-state index in [-0.39, 0.29) is 10.6 Å². The number of anilines is 1. The Morgan fingerprint density at radius 2 is 1.75 bits per heavy atom. The van der Waals surface area contributed by atoms with E-state index in [1.165, 1.54) is 21.0 Å². The first-order valence-electron chi connectivity index (χ1n) is 8.52. The number of benzene rings is 2. The zero-order valence-electron chi connectivity index (χ0n) is 15.7. The lowest BCUT2D eigenvalue weighted by atomic mass is 10.2. The standard InChI is InChI=1S/C20H21ClN2O5/c1-12(22-19(25)16-9-4-5-10-17(16)21)20(26)28-13(2)18(24)23-14-7-6-8-15(11-14)27-3/h4-13H,1-3H3,(H,22,25)(H,23,24). The number of esters is 1. The summed E-state index contributed by atoms with van der Waals surface area (Å²) in [5.74, 6) is -1.18. The van der Waals surface area contributed by atoms with Gasteiger partial charge in [0.2, 0.25) is 0 Å². The lowest BCUT2D eigenvalue weighted by Crippen LogP contribution is -2.42. The molecule has 2 rings (SSSR count). The van der Waals surface area contributed by atoms with Crippen LogP contribution in [0.2, 0.25) is 5.02 Å². The normalized spacial score (nSPS) is 12.4. The van der Waals surface area contributed by atoms with Gasteiger partial charge in [-0.25, -0.2) is 4.79 Å². The van der Waals surface area contributed by atoms with Crippen LogP contribution < -0.4 is 15.4 Å². The molecule has 2 aromatic carbocycles. The second-order valence-corrected chi connectivity index (χ2v) is 6.38. The molecule has 0 saturated carbocycles. The number of carbonyl (C=O) groups is 3. The molecular formula is C20H21ClN2O5. The van der Waals surface area contributed by atoms with Crippen molar-refractivity contribution in [2.75, 3.05) is 12.4 Å². The van der Waals surface area contributed by atoms with E-state index >= 15 is 0 Å². The molecule has 2 N–H and O–H groups in total. The summed E-state index contributed by atoms with van der Waals surface area (Å²) < 4.78 is 10.2. The molecule has 2 atom stereocenters. The maximum absolute atomic E-state index is 12.2. The van der Waals surface area contributed by atoms with Gasteiger partial charge in [-0.1, -0.05) is 29.8 Å². The number of halogens is 1. The highest BCUT2D eigenvalue weighted by molar-refractivity contribution is 6.33. The largest absolute Gasteiger partial charge is 0.497 e. The number of hydrogen-bond acceptors (Lipinski definition) is 5. The molecule has 28 heavy (non-hydrogen) atoms. The van der Waals surface area contributed by atoms with Gasteiger partial charge in [-0.3, -0.25) is 9.59 Å². The molecule has 7 nitrogen and oxygen atoms in total. The van der Waals surface area contributed by atoms with E-state index in [1.807, 2.05) is 0 Å². The van der Waals surface area contributed by atoms with Crippen LogP contribution in [0.1, 0.15) is 24.2 Å². The molecule has 2 aromatic rings. The van der Waals surface area contributed by atoms with Crippen LogP contribution >= 0.6 is 11.6 Å². The summed E-state index contributed by atoms with van der Waals surface area (Å²) in [7, 11) is 1.52. The number of hydrogen-bond donors (Lipinski definition) is 2. The Bertz CT molecular complexity index is 871. The van der Waals surface area contributed by atoms with Crippen molar-refractivity contribution in [1.29, 1.82) is 0 Å². The number of amides is 2. The molecule has 148 valence electrons. The molecule has 0 saturated heterocycles. The summed E-state index contributed by atoms with van der Waals surface area (Å²) in [6.45, 7) is 2.90. The zero-order valence-corrected chi connectivity index (χ0v) is 16.4. The van der Waals surface area contributed by atoms with E-state index < -0.39 is 29.9 Å².